The Kier molecular flexibility index (Phi) is 5.92. The maximum absolute atomic E-state index is 11.7. The minimum atomic E-state index is 0.137. The van der Waals surface area contributed by atoms with Gasteiger partial charge < -0.3 is 4.90 Å². The highest BCUT2D eigenvalue weighted by Crippen LogP contribution is 2.06. The van der Waals surface area contributed by atoms with Crippen molar-refractivity contribution in [3.63, 3.8) is 0 Å². The number of carbonyl (C=O) groups is 1. The summed E-state index contributed by atoms with van der Waals surface area (Å²) < 4.78 is 0. The van der Waals surface area contributed by atoms with Crippen LogP contribution in [0.2, 0.25) is 0 Å². The molecule has 16 heavy (non-hydrogen) atoms. The molecule has 6 heteroatoms. The van der Waals surface area contributed by atoms with E-state index in [0.29, 0.717) is 12.3 Å². The van der Waals surface area contributed by atoms with E-state index in [2.05, 4.69) is 22.1 Å². The second-order valence-corrected chi connectivity index (χ2v) is 4.69. The molecule has 0 atom stereocenters. The van der Waals surface area contributed by atoms with Gasteiger partial charge in [0.2, 0.25) is 5.91 Å². The molecule has 0 aliphatic carbocycles. The molecule has 0 aliphatic heterocycles. The number of H-pyrrole nitrogens is 1. The number of aromatic nitrogens is 3. The van der Waals surface area contributed by atoms with Crippen molar-refractivity contribution in [1.29, 1.82) is 0 Å². The van der Waals surface area contributed by atoms with Crippen molar-refractivity contribution in [1.82, 2.24) is 20.1 Å². The smallest absolute Gasteiger partial charge is 0.232 e. The van der Waals surface area contributed by atoms with Gasteiger partial charge in [-0.1, -0.05) is 13.3 Å². The summed E-state index contributed by atoms with van der Waals surface area (Å²) in [7, 11) is 1.78. The monoisotopic (exact) mass is 242 g/mol. The third-order valence-corrected chi connectivity index (χ3v) is 3.17. The molecule has 0 aliphatic rings. The Balaban J connectivity index is 2.20. The molecule has 90 valence electrons. The van der Waals surface area contributed by atoms with Gasteiger partial charge in [0.25, 0.3) is 0 Å². The molecule has 1 aromatic rings. The highest BCUT2D eigenvalue weighted by atomic mass is 32.2. The van der Waals surface area contributed by atoms with Gasteiger partial charge in [0.1, 0.15) is 12.2 Å². The first-order chi connectivity index (χ1) is 7.74. The average molecular weight is 242 g/mol. The van der Waals surface area contributed by atoms with E-state index in [1.807, 2.05) is 0 Å². The molecule has 5 nitrogen and oxygen atoms in total. The lowest BCUT2D eigenvalue weighted by molar-refractivity contribution is -0.127. The fourth-order valence-electron chi connectivity index (χ4n) is 1.14. The van der Waals surface area contributed by atoms with Crippen LogP contribution in [0.1, 0.15) is 25.6 Å². The van der Waals surface area contributed by atoms with Gasteiger partial charge in [-0.2, -0.15) is 16.9 Å². The molecule has 1 amide bonds. The number of hydrogen-bond acceptors (Lipinski definition) is 4. The molecule has 0 radical (unpaired) electrons. The molecule has 1 aromatic heterocycles. The summed E-state index contributed by atoms with van der Waals surface area (Å²) in [4.78, 5) is 17.3. The van der Waals surface area contributed by atoms with E-state index in [0.717, 1.165) is 11.6 Å². The molecule has 1 N–H and O–H groups in total. The molecule has 0 saturated heterocycles. The Morgan fingerprint density at radius 3 is 3.06 bits per heavy atom. The van der Waals surface area contributed by atoms with Crippen molar-refractivity contribution in [3.05, 3.63) is 12.2 Å². The van der Waals surface area contributed by atoms with E-state index >= 15 is 0 Å². The van der Waals surface area contributed by atoms with Crippen LogP contribution in [-0.2, 0) is 11.3 Å². The number of rotatable bonds is 7. The topological polar surface area (TPSA) is 61.9 Å². The zero-order chi connectivity index (χ0) is 11.8. The molecule has 0 saturated carbocycles. The van der Waals surface area contributed by atoms with E-state index < -0.39 is 0 Å². The maximum Gasteiger partial charge on any atom is 0.232 e. The van der Waals surface area contributed by atoms with Crippen LogP contribution in [0.15, 0.2) is 6.33 Å². The first kappa shape index (κ1) is 13.0. The summed E-state index contributed by atoms with van der Waals surface area (Å²) in [6.07, 6.45) is 3.79. The zero-order valence-corrected chi connectivity index (χ0v) is 10.6. The van der Waals surface area contributed by atoms with Crippen molar-refractivity contribution in [2.45, 2.75) is 26.3 Å². The largest absolute Gasteiger partial charge is 0.338 e. The predicted octanol–water partition coefficient (Wildman–Crippen LogP) is 1.30. The number of unbranched alkanes of at least 4 members (excludes halogenated alkanes) is 1. The molecule has 0 spiro atoms. The fraction of sp³-hybridized carbons (Fsp3) is 0.700. The van der Waals surface area contributed by atoms with Gasteiger partial charge in [0, 0.05) is 7.05 Å². The minimum absolute atomic E-state index is 0.137. The number of carbonyl (C=O) groups excluding carboxylic acids is 1. The number of amides is 1. The zero-order valence-electron chi connectivity index (χ0n) is 9.77. The number of nitrogens with one attached hydrogen (secondary N) is 1. The Bertz CT molecular complexity index is 302. The summed E-state index contributed by atoms with van der Waals surface area (Å²) in [5.41, 5.74) is 0. The van der Waals surface area contributed by atoms with Crippen LogP contribution in [0.25, 0.3) is 0 Å². The standard InChI is InChI=1S/C10H18N4OS/c1-3-4-5-16-7-10(15)14(2)6-9-11-8-12-13-9/h8H,3-7H2,1-2H3,(H,11,12,13). The van der Waals surface area contributed by atoms with Crippen LogP contribution >= 0.6 is 11.8 Å². The van der Waals surface area contributed by atoms with Crippen LogP contribution in [0, 0.1) is 0 Å². The number of aromatic amines is 1. The Morgan fingerprint density at radius 2 is 2.44 bits per heavy atom. The number of thioether (sulfide) groups is 1. The van der Waals surface area contributed by atoms with Crippen LogP contribution in [0.4, 0.5) is 0 Å². The molecule has 1 heterocycles. The van der Waals surface area contributed by atoms with Gasteiger partial charge in [-0.25, -0.2) is 4.98 Å². The lowest BCUT2D eigenvalue weighted by Gasteiger charge is -2.14. The summed E-state index contributed by atoms with van der Waals surface area (Å²) in [6.45, 7) is 2.64. The van der Waals surface area contributed by atoms with Gasteiger partial charge in [-0.05, 0) is 12.2 Å². The van der Waals surface area contributed by atoms with Crippen molar-refractivity contribution in [3.8, 4) is 0 Å². The Labute approximate surface area is 100 Å². The number of nitrogens with zero attached hydrogens (tertiary/aromatic N) is 3. The third kappa shape index (κ3) is 4.65. The highest BCUT2D eigenvalue weighted by Gasteiger charge is 2.10. The molecule has 1 rings (SSSR count). The molecule has 0 fully saturated rings. The van der Waals surface area contributed by atoms with Crippen LogP contribution in [0.5, 0.6) is 0 Å². The molecular formula is C10H18N4OS. The fourth-order valence-corrected chi connectivity index (χ4v) is 2.17. The lowest BCUT2D eigenvalue weighted by Crippen LogP contribution is -2.28. The molecule has 0 aromatic carbocycles. The lowest BCUT2D eigenvalue weighted by atomic mass is 10.4. The maximum atomic E-state index is 11.7. The second-order valence-electron chi connectivity index (χ2n) is 3.59. The van der Waals surface area contributed by atoms with E-state index in [1.54, 1.807) is 23.7 Å². The Hall–Kier alpha value is -1.04. The molecule has 0 unspecified atom stereocenters. The van der Waals surface area contributed by atoms with E-state index in [1.165, 1.54) is 19.2 Å². The summed E-state index contributed by atoms with van der Waals surface area (Å²) in [5, 5.41) is 6.48. The normalized spacial score (nSPS) is 10.4. The summed E-state index contributed by atoms with van der Waals surface area (Å²) in [6, 6.07) is 0. The Morgan fingerprint density at radius 1 is 1.62 bits per heavy atom. The molecular weight excluding hydrogens is 224 g/mol. The average Bonchev–Trinajstić information content (AvgIpc) is 2.76. The van der Waals surface area contributed by atoms with Gasteiger partial charge in [-0.15, -0.1) is 0 Å². The molecule has 0 bridgehead atoms. The van der Waals surface area contributed by atoms with E-state index in [9.17, 15) is 4.79 Å². The van der Waals surface area contributed by atoms with Crippen LogP contribution in [0.3, 0.4) is 0 Å². The van der Waals surface area contributed by atoms with Crippen molar-refractivity contribution in [2.24, 2.45) is 0 Å². The minimum Gasteiger partial charge on any atom is -0.338 e. The van der Waals surface area contributed by atoms with Gasteiger partial charge >= 0.3 is 0 Å². The van der Waals surface area contributed by atoms with Crippen LogP contribution in [-0.4, -0.2) is 44.5 Å². The third-order valence-electron chi connectivity index (χ3n) is 2.15. The number of hydrogen-bond donors (Lipinski definition) is 1. The van der Waals surface area contributed by atoms with E-state index in [4.69, 9.17) is 0 Å². The predicted molar refractivity (Wildman–Crippen MR) is 65.1 cm³/mol. The van der Waals surface area contributed by atoms with Gasteiger partial charge in [-0.3, -0.25) is 9.89 Å². The summed E-state index contributed by atoms with van der Waals surface area (Å²) in [5.74, 6) is 2.45. The van der Waals surface area contributed by atoms with Crippen molar-refractivity contribution in [2.75, 3.05) is 18.6 Å². The van der Waals surface area contributed by atoms with E-state index in [-0.39, 0.29) is 5.91 Å². The highest BCUT2D eigenvalue weighted by molar-refractivity contribution is 7.99. The summed E-state index contributed by atoms with van der Waals surface area (Å²) >= 11 is 1.69. The first-order valence-corrected chi connectivity index (χ1v) is 6.55. The van der Waals surface area contributed by atoms with Crippen molar-refractivity contribution >= 4 is 17.7 Å². The quantitative estimate of drug-likeness (QED) is 0.732. The SMILES string of the molecule is CCCCSCC(=O)N(C)Cc1ncn[nH]1. The first-order valence-electron chi connectivity index (χ1n) is 5.40. The van der Waals surface area contributed by atoms with Crippen LogP contribution < -0.4 is 0 Å². The second kappa shape index (κ2) is 7.27. The van der Waals surface area contributed by atoms with Gasteiger partial charge in [0.15, 0.2) is 0 Å². The van der Waals surface area contributed by atoms with Crippen molar-refractivity contribution < 1.29 is 4.79 Å². The van der Waals surface area contributed by atoms with Gasteiger partial charge in [0.05, 0.1) is 12.3 Å².